The molecule has 5 heteroatoms. The van der Waals surface area contributed by atoms with Crippen LogP contribution in [-0.2, 0) is 6.54 Å². The van der Waals surface area contributed by atoms with Crippen molar-refractivity contribution >= 4 is 23.2 Å². The maximum absolute atomic E-state index is 12.6. The summed E-state index contributed by atoms with van der Waals surface area (Å²) in [6.07, 6.45) is 3.59. The van der Waals surface area contributed by atoms with Gasteiger partial charge in [0.2, 0.25) is 0 Å². The zero-order chi connectivity index (χ0) is 14.8. The molecule has 0 radical (unpaired) electrons. The van der Waals surface area contributed by atoms with Crippen LogP contribution in [0.1, 0.15) is 28.9 Å². The van der Waals surface area contributed by atoms with Gasteiger partial charge in [-0.3, -0.25) is 4.79 Å². The maximum Gasteiger partial charge on any atom is 0.272 e. The summed E-state index contributed by atoms with van der Waals surface area (Å²) in [5.41, 5.74) is 7.97. The quantitative estimate of drug-likeness (QED) is 0.883. The van der Waals surface area contributed by atoms with Crippen molar-refractivity contribution in [1.82, 2.24) is 9.88 Å². The lowest BCUT2D eigenvalue weighted by molar-refractivity contribution is 0.0724. The van der Waals surface area contributed by atoms with Crippen molar-refractivity contribution in [3.8, 4) is 0 Å². The number of halogens is 1. The van der Waals surface area contributed by atoms with Gasteiger partial charge in [-0.1, -0.05) is 23.7 Å². The number of aromatic nitrogens is 1. The van der Waals surface area contributed by atoms with Crippen molar-refractivity contribution in [3.63, 3.8) is 0 Å². The van der Waals surface area contributed by atoms with E-state index in [1.165, 1.54) is 6.20 Å². The first kappa shape index (κ1) is 13.9. The highest BCUT2D eigenvalue weighted by atomic mass is 35.5. The Morgan fingerprint density at radius 3 is 2.76 bits per heavy atom. The highest BCUT2D eigenvalue weighted by molar-refractivity contribution is 6.30. The number of nitrogen functional groups attached to an aromatic ring is 1. The van der Waals surface area contributed by atoms with E-state index in [0.29, 0.717) is 29.0 Å². The van der Waals surface area contributed by atoms with E-state index in [0.717, 1.165) is 18.4 Å². The van der Waals surface area contributed by atoms with Crippen LogP contribution in [0.2, 0.25) is 5.02 Å². The predicted octanol–water partition coefficient (Wildman–Crippen LogP) is 3.12. The number of pyridine rings is 1. The molecule has 3 rings (SSSR count). The number of nitrogens with zero attached hydrogens (tertiary/aromatic N) is 2. The van der Waals surface area contributed by atoms with E-state index in [9.17, 15) is 4.79 Å². The minimum atomic E-state index is -0.0587. The largest absolute Gasteiger partial charge is 0.399 e. The molecule has 0 atom stereocenters. The van der Waals surface area contributed by atoms with Crippen molar-refractivity contribution < 1.29 is 4.79 Å². The zero-order valence-electron chi connectivity index (χ0n) is 11.5. The molecule has 1 aliphatic carbocycles. The summed E-state index contributed by atoms with van der Waals surface area (Å²) in [5, 5.41) is 0.528. The molecule has 0 saturated heterocycles. The van der Waals surface area contributed by atoms with E-state index in [4.69, 9.17) is 17.3 Å². The van der Waals surface area contributed by atoms with Crippen LogP contribution in [0.3, 0.4) is 0 Å². The molecular weight excluding hydrogens is 286 g/mol. The van der Waals surface area contributed by atoms with E-state index in [2.05, 4.69) is 4.98 Å². The summed E-state index contributed by atoms with van der Waals surface area (Å²) in [6, 6.07) is 11.3. The Morgan fingerprint density at radius 1 is 1.33 bits per heavy atom. The number of hydrogen-bond acceptors (Lipinski definition) is 3. The molecule has 1 amide bonds. The SMILES string of the molecule is Nc1cccc(CN(C(=O)c2ccc(Cl)cn2)C2CC2)c1. The van der Waals surface area contributed by atoms with Gasteiger partial charge < -0.3 is 10.6 Å². The Balaban J connectivity index is 1.81. The highest BCUT2D eigenvalue weighted by Gasteiger charge is 2.33. The summed E-state index contributed by atoms with van der Waals surface area (Å²) in [7, 11) is 0. The first-order valence-corrected chi connectivity index (χ1v) is 7.28. The van der Waals surface area contributed by atoms with Gasteiger partial charge in [0, 0.05) is 24.5 Å². The smallest absolute Gasteiger partial charge is 0.272 e. The molecule has 21 heavy (non-hydrogen) atoms. The second-order valence-corrected chi connectivity index (χ2v) is 5.71. The number of rotatable bonds is 4. The van der Waals surface area contributed by atoms with Crippen LogP contribution >= 0.6 is 11.6 Å². The average Bonchev–Trinajstić information content (AvgIpc) is 3.29. The number of hydrogen-bond donors (Lipinski definition) is 1. The number of amides is 1. The van der Waals surface area contributed by atoms with Gasteiger partial charge in [-0.15, -0.1) is 0 Å². The fourth-order valence-electron chi connectivity index (χ4n) is 2.29. The second kappa shape index (κ2) is 5.74. The van der Waals surface area contributed by atoms with Crippen LogP contribution in [0.25, 0.3) is 0 Å². The molecule has 108 valence electrons. The van der Waals surface area contributed by atoms with Gasteiger partial charge in [-0.25, -0.2) is 4.98 Å². The Hall–Kier alpha value is -2.07. The standard InChI is InChI=1S/C16H16ClN3O/c17-12-4-7-15(19-9-12)16(21)20(14-5-6-14)10-11-2-1-3-13(18)8-11/h1-4,7-9,14H,5-6,10,18H2. The number of nitrogens with two attached hydrogens (primary N) is 1. The van der Waals surface area contributed by atoms with Crippen molar-refractivity contribution in [2.45, 2.75) is 25.4 Å². The number of carbonyl (C=O) groups is 1. The van der Waals surface area contributed by atoms with Crippen LogP contribution in [0, 0.1) is 0 Å². The molecule has 4 nitrogen and oxygen atoms in total. The molecule has 0 spiro atoms. The first-order valence-electron chi connectivity index (χ1n) is 6.90. The van der Waals surface area contributed by atoms with E-state index in [1.54, 1.807) is 12.1 Å². The lowest BCUT2D eigenvalue weighted by Crippen LogP contribution is -2.33. The molecule has 0 bridgehead atoms. The monoisotopic (exact) mass is 301 g/mol. The van der Waals surface area contributed by atoms with E-state index in [-0.39, 0.29) is 5.91 Å². The number of anilines is 1. The molecular formula is C16H16ClN3O. The maximum atomic E-state index is 12.6. The summed E-state index contributed by atoms with van der Waals surface area (Å²) >= 11 is 5.82. The van der Waals surface area contributed by atoms with Crippen LogP contribution in [0.15, 0.2) is 42.6 Å². The summed E-state index contributed by atoms with van der Waals surface area (Å²) in [6.45, 7) is 0.554. The molecule has 1 saturated carbocycles. The second-order valence-electron chi connectivity index (χ2n) is 5.27. The predicted molar refractivity (Wildman–Crippen MR) is 83.0 cm³/mol. The average molecular weight is 302 g/mol. The fourth-order valence-corrected chi connectivity index (χ4v) is 2.40. The Labute approximate surface area is 128 Å². The van der Waals surface area contributed by atoms with Crippen molar-refractivity contribution in [2.75, 3.05) is 5.73 Å². The Bertz CT molecular complexity index is 653. The molecule has 2 N–H and O–H groups in total. The molecule has 1 fully saturated rings. The van der Waals surface area contributed by atoms with Gasteiger partial charge in [-0.2, -0.15) is 0 Å². The van der Waals surface area contributed by atoms with Crippen molar-refractivity contribution in [3.05, 3.63) is 58.9 Å². The van der Waals surface area contributed by atoms with Gasteiger partial charge in [0.1, 0.15) is 5.69 Å². The summed E-state index contributed by atoms with van der Waals surface area (Å²) in [4.78, 5) is 18.6. The van der Waals surface area contributed by atoms with Gasteiger partial charge in [-0.05, 0) is 42.7 Å². The Kier molecular flexibility index (Phi) is 3.80. The summed E-state index contributed by atoms with van der Waals surface area (Å²) in [5.74, 6) is -0.0587. The molecule has 0 unspecified atom stereocenters. The van der Waals surface area contributed by atoms with Crippen LogP contribution in [-0.4, -0.2) is 21.8 Å². The van der Waals surface area contributed by atoms with Gasteiger partial charge in [0.25, 0.3) is 5.91 Å². The molecule has 1 heterocycles. The van der Waals surface area contributed by atoms with Crippen molar-refractivity contribution in [2.24, 2.45) is 0 Å². The van der Waals surface area contributed by atoms with Gasteiger partial charge in [0.05, 0.1) is 5.02 Å². The third kappa shape index (κ3) is 3.34. The topological polar surface area (TPSA) is 59.2 Å². The molecule has 0 aliphatic heterocycles. The van der Waals surface area contributed by atoms with Gasteiger partial charge >= 0.3 is 0 Å². The zero-order valence-corrected chi connectivity index (χ0v) is 12.3. The van der Waals surface area contributed by atoms with Crippen LogP contribution in [0.5, 0.6) is 0 Å². The highest BCUT2D eigenvalue weighted by Crippen LogP contribution is 2.30. The number of benzene rings is 1. The molecule has 2 aromatic rings. The van der Waals surface area contributed by atoms with Crippen LogP contribution in [0.4, 0.5) is 5.69 Å². The molecule has 1 aliphatic rings. The first-order chi connectivity index (χ1) is 10.1. The normalized spacial score (nSPS) is 14.0. The minimum Gasteiger partial charge on any atom is -0.399 e. The fraction of sp³-hybridized carbons (Fsp3) is 0.250. The van der Waals surface area contributed by atoms with Crippen LogP contribution < -0.4 is 5.73 Å². The summed E-state index contributed by atoms with van der Waals surface area (Å²) < 4.78 is 0. The molecule has 1 aromatic carbocycles. The lowest BCUT2D eigenvalue weighted by atomic mass is 10.2. The third-order valence-corrected chi connectivity index (χ3v) is 3.72. The Morgan fingerprint density at radius 2 is 2.14 bits per heavy atom. The molecule has 1 aromatic heterocycles. The van der Waals surface area contributed by atoms with E-state index >= 15 is 0 Å². The third-order valence-electron chi connectivity index (χ3n) is 3.50. The van der Waals surface area contributed by atoms with Gasteiger partial charge in [0.15, 0.2) is 0 Å². The van der Waals surface area contributed by atoms with Crippen molar-refractivity contribution in [1.29, 1.82) is 0 Å². The number of carbonyl (C=O) groups excluding carboxylic acids is 1. The lowest BCUT2D eigenvalue weighted by Gasteiger charge is -2.22. The van der Waals surface area contributed by atoms with E-state index in [1.807, 2.05) is 29.2 Å². The minimum absolute atomic E-state index is 0.0587. The van der Waals surface area contributed by atoms with E-state index < -0.39 is 0 Å².